The van der Waals surface area contributed by atoms with Gasteiger partial charge in [0.25, 0.3) is 5.91 Å². The number of esters is 1. The van der Waals surface area contributed by atoms with Gasteiger partial charge in [-0.05, 0) is 36.8 Å². The second kappa shape index (κ2) is 9.08. The number of amides is 1. The molecule has 1 atom stereocenters. The molecule has 0 heterocycles. The zero-order valence-electron chi connectivity index (χ0n) is 14.1. The maximum absolute atomic E-state index is 12.2. The van der Waals surface area contributed by atoms with Gasteiger partial charge in [0, 0.05) is 5.02 Å². The van der Waals surface area contributed by atoms with Gasteiger partial charge >= 0.3 is 5.97 Å². The van der Waals surface area contributed by atoms with Crippen LogP contribution in [0, 0.1) is 6.92 Å². The lowest BCUT2D eigenvalue weighted by Crippen LogP contribution is -2.34. The largest absolute Gasteiger partial charge is 0.484 e. The Morgan fingerprint density at radius 3 is 2.32 bits per heavy atom. The van der Waals surface area contributed by atoms with Crippen molar-refractivity contribution in [3.8, 4) is 5.75 Å². The molecule has 0 saturated heterocycles. The van der Waals surface area contributed by atoms with Crippen molar-refractivity contribution in [1.29, 1.82) is 0 Å². The highest BCUT2D eigenvalue weighted by molar-refractivity contribution is 6.30. The van der Waals surface area contributed by atoms with E-state index >= 15 is 0 Å². The first-order valence-corrected chi connectivity index (χ1v) is 8.17. The predicted octanol–water partition coefficient (Wildman–Crippen LogP) is 3.45. The Hall–Kier alpha value is -2.53. The van der Waals surface area contributed by atoms with Crippen LogP contribution in [0.4, 0.5) is 0 Å². The van der Waals surface area contributed by atoms with Crippen molar-refractivity contribution in [1.82, 2.24) is 5.32 Å². The lowest BCUT2D eigenvalue weighted by atomic mass is 10.0. The minimum absolute atomic E-state index is 0.0222. The zero-order chi connectivity index (χ0) is 18.2. The lowest BCUT2D eigenvalue weighted by molar-refractivity contribution is -0.141. The van der Waals surface area contributed by atoms with Gasteiger partial charge in [-0.25, -0.2) is 0 Å². The molecule has 2 aromatic rings. The summed E-state index contributed by atoms with van der Waals surface area (Å²) in [6.07, 6.45) is 0.0222. The van der Waals surface area contributed by atoms with Crippen molar-refractivity contribution in [2.75, 3.05) is 13.7 Å². The van der Waals surface area contributed by atoms with Gasteiger partial charge in [0.2, 0.25) is 0 Å². The van der Waals surface area contributed by atoms with Gasteiger partial charge in [0.05, 0.1) is 19.6 Å². The maximum Gasteiger partial charge on any atom is 0.307 e. The van der Waals surface area contributed by atoms with E-state index in [-0.39, 0.29) is 18.9 Å². The summed E-state index contributed by atoms with van der Waals surface area (Å²) < 4.78 is 10.2. The van der Waals surface area contributed by atoms with E-state index in [0.717, 1.165) is 11.1 Å². The van der Waals surface area contributed by atoms with Crippen LogP contribution in [0.1, 0.15) is 23.6 Å². The third-order valence-corrected chi connectivity index (χ3v) is 3.85. The van der Waals surface area contributed by atoms with Gasteiger partial charge in [-0.3, -0.25) is 9.59 Å². The molecule has 1 N–H and O–H groups in total. The summed E-state index contributed by atoms with van der Waals surface area (Å²) in [5.74, 6) is -0.138. The SMILES string of the molecule is COC(=O)CC(NC(=O)COc1ccc(C)cc1)c1ccc(Cl)cc1. The van der Waals surface area contributed by atoms with Crippen molar-refractivity contribution in [2.45, 2.75) is 19.4 Å². The van der Waals surface area contributed by atoms with Crippen molar-refractivity contribution in [3.05, 3.63) is 64.7 Å². The fourth-order valence-electron chi connectivity index (χ4n) is 2.22. The average molecular weight is 362 g/mol. The first kappa shape index (κ1) is 18.8. The standard InChI is InChI=1S/C19H20ClNO4/c1-13-3-9-16(10-4-13)25-12-18(22)21-17(11-19(23)24-2)14-5-7-15(20)8-6-14/h3-10,17H,11-12H2,1-2H3,(H,21,22). The molecule has 0 bridgehead atoms. The Balaban J connectivity index is 1.99. The Kier molecular flexibility index (Phi) is 6.83. The molecular weight excluding hydrogens is 342 g/mol. The number of carbonyl (C=O) groups excluding carboxylic acids is 2. The molecule has 0 saturated carbocycles. The molecule has 1 amide bonds. The van der Waals surface area contributed by atoms with Crippen molar-refractivity contribution < 1.29 is 19.1 Å². The van der Waals surface area contributed by atoms with Crippen LogP contribution in [0.2, 0.25) is 5.02 Å². The number of rotatable bonds is 7. The number of halogens is 1. The van der Waals surface area contributed by atoms with Crippen LogP contribution < -0.4 is 10.1 Å². The third kappa shape index (κ3) is 6.12. The van der Waals surface area contributed by atoms with Gasteiger partial charge in [0.15, 0.2) is 6.61 Å². The van der Waals surface area contributed by atoms with E-state index in [1.807, 2.05) is 19.1 Å². The molecule has 25 heavy (non-hydrogen) atoms. The molecule has 0 aromatic heterocycles. The van der Waals surface area contributed by atoms with Gasteiger partial charge in [0.1, 0.15) is 5.75 Å². The fourth-order valence-corrected chi connectivity index (χ4v) is 2.34. The molecule has 132 valence electrons. The first-order valence-electron chi connectivity index (χ1n) is 7.79. The van der Waals surface area contributed by atoms with Crippen LogP contribution >= 0.6 is 11.6 Å². The highest BCUT2D eigenvalue weighted by Gasteiger charge is 2.19. The third-order valence-electron chi connectivity index (χ3n) is 3.60. The highest BCUT2D eigenvalue weighted by Crippen LogP contribution is 2.20. The van der Waals surface area contributed by atoms with Crippen molar-refractivity contribution in [2.24, 2.45) is 0 Å². The molecule has 0 aliphatic carbocycles. The van der Waals surface area contributed by atoms with Gasteiger partial charge in [-0.2, -0.15) is 0 Å². The van der Waals surface area contributed by atoms with Crippen molar-refractivity contribution >= 4 is 23.5 Å². The van der Waals surface area contributed by atoms with E-state index in [0.29, 0.717) is 10.8 Å². The molecular formula is C19H20ClNO4. The minimum atomic E-state index is -0.515. The van der Waals surface area contributed by atoms with Crippen LogP contribution in [-0.4, -0.2) is 25.6 Å². The Labute approximate surface area is 151 Å². The molecule has 1 unspecified atom stereocenters. The molecule has 0 spiro atoms. The Morgan fingerprint density at radius 2 is 1.72 bits per heavy atom. The van der Waals surface area contributed by atoms with E-state index in [2.05, 4.69) is 5.32 Å². The molecule has 5 nitrogen and oxygen atoms in total. The summed E-state index contributed by atoms with van der Waals surface area (Å²) in [6, 6.07) is 13.8. The molecule has 6 heteroatoms. The summed E-state index contributed by atoms with van der Waals surface area (Å²) >= 11 is 5.88. The zero-order valence-corrected chi connectivity index (χ0v) is 14.9. The van der Waals surface area contributed by atoms with E-state index < -0.39 is 12.0 Å². The maximum atomic E-state index is 12.2. The second-order valence-corrected chi connectivity index (χ2v) is 5.99. The molecule has 0 aliphatic heterocycles. The predicted molar refractivity (Wildman–Crippen MR) is 95.6 cm³/mol. The number of methoxy groups -OCH3 is 1. The number of nitrogens with one attached hydrogen (secondary N) is 1. The first-order chi connectivity index (χ1) is 12.0. The van der Waals surface area contributed by atoms with E-state index in [9.17, 15) is 9.59 Å². The van der Waals surface area contributed by atoms with E-state index in [4.69, 9.17) is 21.1 Å². The van der Waals surface area contributed by atoms with Gasteiger partial charge in [-0.15, -0.1) is 0 Å². The van der Waals surface area contributed by atoms with Gasteiger partial charge < -0.3 is 14.8 Å². The topological polar surface area (TPSA) is 64.6 Å². The second-order valence-electron chi connectivity index (χ2n) is 5.55. The number of benzene rings is 2. The summed E-state index contributed by atoms with van der Waals surface area (Å²) in [7, 11) is 1.31. The number of carbonyl (C=O) groups is 2. The summed E-state index contributed by atoms with van der Waals surface area (Å²) in [5.41, 5.74) is 1.87. The molecule has 2 rings (SSSR count). The number of ether oxygens (including phenoxy) is 2. The normalized spacial score (nSPS) is 11.5. The molecule has 0 fully saturated rings. The Bertz CT molecular complexity index is 713. The summed E-state index contributed by atoms with van der Waals surface area (Å²) in [5, 5.41) is 3.37. The summed E-state index contributed by atoms with van der Waals surface area (Å²) in [4.78, 5) is 23.8. The minimum Gasteiger partial charge on any atom is -0.484 e. The van der Waals surface area contributed by atoms with E-state index in [1.54, 1.807) is 36.4 Å². The monoisotopic (exact) mass is 361 g/mol. The van der Waals surface area contributed by atoms with Crippen molar-refractivity contribution in [3.63, 3.8) is 0 Å². The van der Waals surface area contributed by atoms with Crippen LogP contribution in [0.25, 0.3) is 0 Å². The van der Waals surface area contributed by atoms with Gasteiger partial charge in [-0.1, -0.05) is 41.4 Å². The van der Waals surface area contributed by atoms with Crippen LogP contribution in [0.3, 0.4) is 0 Å². The number of hydrogen-bond donors (Lipinski definition) is 1. The Morgan fingerprint density at radius 1 is 1.08 bits per heavy atom. The van der Waals surface area contributed by atoms with E-state index in [1.165, 1.54) is 7.11 Å². The molecule has 0 radical (unpaired) electrons. The fraction of sp³-hybridized carbons (Fsp3) is 0.263. The van der Waals surface area contributed by atoms with Crippen LogP contribution in [-0.2, 0) is 14.3 Å². The van der Waals surface area contributed by atoms with Crippen LogP contribution in [0.15, 0.2) is 48.5 Å². The van der Waals surface area contributed by atoms with Crippen LogP contribution in [0.5, 0.6) is 5.75 Å². The lowest BCUT2D eigenvalue weighted by Gasteiger charge is -2.18. The number of aryl methyl sites for hydroxylation is 1. The highest BCUT2D eigenvalue weighted by atomic mass is 35.5. The smallest absolute Gasteiger partial charge is 0.307 e. The molecule has 0 aliphatic rings. The quantitative estimate of drug-likeness (QED) is 0.767. The number of hydrogen-bond acceptors (Lipinski definition) is 4. The molecule has 2 aromatic carbocycles. The average Bonchev–Trinajstić information content (AvgIpc) is 2.61. The summed E-state index contributed by atoms with van der Waals surface area (Å²) in [6.45, 7) is 1.83.